The third-order valence-corrected chi connectivity index (χ3v) is 4.04. The molecule has 0 saturated heterocycles. The largest absolute Gasteiger partial charge is 0.449 e. The highest BCUT2D eigenvalue weighted by Crippen LogP contribution is 2.22. The fourth-order valence-electron chi connectivity index (χ4n) is 2.61. The Balaban J connectivity index is 2.06. The van der Waals surface area contributed by atoms with Crippen molar-refractivity contribution in [2.75, 3.05) is 7.05 Å². The Morgan fingerprint density at radius 3 is 2.56 bits per heavy atom. The summed E-state index contributed by atoms with van der Waals surface area (Å²) >= 11 is 0. The summed E-state index contributed by atoms with van der Waals surface area (Å²) in [5, 5.41) is 11.0. The van der Waals surface area contributed by atoms with Crippen LogP contribution in [0, 0.1) is 22.9 Å². The van der Waals surface area contributed by atoms with Crippen LogP contribution in [0.2, 0.25) is 0 Å². The number of nitro groups is 1. The van der Waals surface area contributed by atoms with Crippen LogP contribution in [0.4, 0.5) is 10.1 Å². The third-order valence-electron chi connectivity index (χ3n) is 4.04. The molecule has 27 heavy (non-hydrogen) atoms. The number of nitrogens with zero attached hydrogens (tertiary/aromatic N) is 2. The van der Waals surface area contributed by atoms with Crippen LogP contribution in [0.5, 0.6) is 0 Å². The van der Waals surface area contributed by atoms with Crippen LogP contribution >= 0.6 is 0 Å². The van der Waals surface area contributed by atoms with E-state index in [1.165, 1.54) is 62.2 Å². The summed E-state index contributed by atoms with van der Waals surface area (Å²) in [6.07, 6.45) is -1.10. The Morgan fingerprint density at radius 2 is 1.93 bits per heavy atom. The Morgan fingerprint density at radius 1 is 1.26 bits per heavy atom. The molecule has 0 saturated carbocycles. The van der Waals surface area contributed by atoms with Crippen LogP contribution in [-0.2, 0) is 16.1 Å². The SMILES string of the molecule is Cc1c(C(=O)OC(C)C(=O)N(C)Cc2cccc(F)c2)cccc1[N+](=O)[O-]. The summed E-state index contributed by atoms with van der Waals surface area (Å²) < 4.78 is 18.4. The summed E-state index contributed by atoms with van der Waals surface area (Å²) in [5.74, 6) is -1.71. The van der Waals surface area contributed by atoms with Crippen molar-refractivity contribution in [3.63, 3.8) is 0 Å². The normalized spacial score (nSPS) is 11.6. The number of rotatable bonds is 6. The molecule has 7 nitrogen and oxygen atoms in total. The summed E-state index contributed by atoms with van der Waals surface area (Å²) in [7, 11) is 1.51. The second kappa shape index (κ2) is 8.39. The van der Waals surface area contributed by atoms with E-state index in [2.05, 4.69) is 0 Å². The van der Waals surface area contributed by atoms with Gasteiger partial charge in [0.05, 0.1) is 10.5 Å². The number of carbonyl (C=O) groups excluding carboxylic acids is 2. The second-order valence-electron chi connectivity index (χ2n) is 6.08. The second-order valence-corrected chi connectivity index (χ2v) is 6.08. The summed E-state index contributed by atoms with van der Waals surface area (Å²) in [4.78, 5) is 36.4. The average molecular weight is 374 g/mol. The number of likely N-dealkylation sites (N-methyl/N-ethyl adjacent to an activating group) is 1. The molecule has 0 aliphatic heterocycles. The molecular formula is C19H19FN2O5. The van der Waals surface area contributed by atoms with Gasteiger partial charge < -0.3 is 9.64 Å². The number of esters is 1. The molecule has 0 fully saturated rings. The molecule has 2 aromatic carbocycles. The van der Waals surface area contributed by atoms with Crippen molar-refractivity contribution in [1.29, 1.82) is 0 Å². The first-order valence-electron chi connectivity index (χ1n) is 8.15. The van der Waals surface area contributed by atoms with Crippen molar-refractivity contribution in [3.05, 3.63) is 75.1 Å². The highest BCUT2D eigenvalue weighted by molar-refractivity contribution is 5.94. The fraction of sp³-hybridized carbons (Fsp3) is 0.263. The highest BCUT2D eigenvalue weighted by Gasteiger charge is 2.25. The van der Waals surface area contributed by atoms with Crippen LogP contribution in [0.25, 0.3) is 0 Å². The minimum absolute atomic E-state index is 0.0247. The van der Waals surface area contributed by atoms with Crippen LogP contribution in [0.1, 0.15) is 28.4 Å². The Kier molecular flexibility index (Phi) is 6.23. The van der Waals surface area contributed by atoms with Gasteiger partial charge in [0.2, 0.25) is 0 Å². The number of halogens is 1. The predicted octanol–water partition coefficient (Wildman–Crippen LogP) is 3.25. The summed E-state index contributed by atoms with van der Waals surface area (Å²) in [5.41, 5.74) is 0.586. The van der Waals surface area contributed by atoms with Gasteiger partial charge in [0.15, 0.2) is 6.10 Å². The van der Waals surface area contributed by atoms with Crippen molar-refractivity contribution in [2.45, 2.75) is 26.5 Å². The standard InChI is InChI=1S/C19H19FN2O5/c1-12-16(8-5-9-17(12)22(25)26)19(24)27-13(2)18(23)21(3)11-14-6-4-7-15(20)10-14/h4-10,13H,11H2,1-3H3. The average Bonchev–Trinajstić information content (AvgIpc) is 2.60. The number of ether oxygens (including phenoxy) is 1. The molecule has 2 aromatic rings. The van der Waals surface area contributed by atoms with Gasteiger partial charge in [-0.2, -0.15) is 0 Å². The first-order valence-corrected chi connectivity index (χ1v) is 8.15. The first kappa shape index (κ1) is 20.0. The topological polar surface area (TPSA) is 89.8 Å². The lowest BCUT2D eigenvalue weighted by Crippen LogP contribution is -2.37. The van der Waals surface area contributed by atoms with Crippen molar-refractivity contribution < 1.29 is 23.6 Å². The lowest BCUT2D eigenvalue weighted by Gasteiger charge is -2.22. The van der Waals surface area contributed by atoms with Crippen molar-refractivity contribution >= 4 is 17.6 Å². The summed E-state index contributed by atoms with van der Waals surface area (Å²) in [6.45, 7) is 3.00. The number of benzene rings is 2. The fourth-order valence-corrected chi connectivity index (χ4v) is 2.61. The number of hydrogen-bond donors (Lipinski definition) is 0. The maximum absolute atomic E-state index is 13.2. The van der Waals surface area contributed by atoms with Gasteiger partial charge in [-0.1, -0.05) is 18.2 Å². The maximum Gasteiger partial charge on any atom is 0.339 e. The van der Waals surface area contributed by atoms with Gasteiger partial charge in [0.1, 0.15) is 5.82 Å². The lowest BCUT2D eigenvalue weighted by atomic mass is 10.1. The molecule has 1 unspecified atom stereocenters. The minimum Gasteiger partial charge on any atom is -0.449 e. The van der Waals surface area contributed by atoms with E-state index in [-0.39, 0.29) is 23.4 Å². The monoisotopic (exact) mass is 374 g/mol. The van der Waals surface area contributed by atoms with Crippen molar-refractivity contribution in [1.82, 2.24) is 4.90 Å². The molecule has 1 atom stereocenters. The maximum atomic E-state index is 13.2. The van der Waals surface area contributed by atoms with Gasteiger partial charge in [-0.15, -0.1) is 0 Å². The van der Waals surface area contributed by atoms with Gasteiger partial charge in [-0.05, 0) is 37.6 Å². The molecule has 0 aliphatic rings. The van der Waals surface area contributed by atoms with Crippen molar-refractivity contribution in [3.8, 4) is 0 Å². The van der Waals surface area contributed by atoms with E-state index in [9.17, 15) is 24.1 Å². The first-order chi connectivity index (χ1) is 12.7. The number of hydrogen-bond acceptors (Lipinski definition) is 5. The number of carbonyl (C=O) groups is 2. The van der Waals surface area contributed by atoms with Gasteiger partial charge in [-0.25, -0.2) is 9.18 Å². The van der Waals surface area contributed by atoms with Crippen LogP contribution < -0.4 is 0 Å². The van der Waals surface area contributed by atoms with Gasteiger partial charge in [-0.3, -0.25) is 14.9 Å². The minimum atomic E-state index is -1.10. The molecule has 142 valence electrons. The molecule has 0 radical (unpaired) electrons. The van der Waals surface area contributed by atoms with E-state index in [0.717, 1.165) is 0 Å². The molecule has 2 rings (SSSR count). The molecule has 0 aliphatic carbocycles. The van der Waals surface area contributed by atoms with Crippen LogP contribution in [0.15, 0.2) is 42.5 Å². The van der Waals surface area contributed by atoms with E-state index in [4.69, 9.17) is 4.74 Å². The zero-order valence-corrected chi connectivity index (χ0v) is 15.1. The Labute approximate surface area is 155 Å². The Hall–Kier alpha value is -3.29. The summed E-state index contributed by atoms with van der Waals surface area (Å²) in [6, 6.07) is 9.90. The van der Waals surface area contributed by atoms with E-state index >= 15 is 0 Å². The number of nitro benzene ring substituents is 1. The molecule has 1 amide bonds. The van der Waals surface area contributed by atoms with E-state index in [1.54, 1.807) is 6.07 Å². The smallest absolute Gasteiger partial charge is 0.339 e. The van der Waals surface area contributed by atoms with E-state index < -0.39 is 28.7 Å². The lowest BCUT2D eigenvalue weighted by molar-refractivity contribution is -0.385. The zero-order chi connectivity index (χ0) is 20.1. The predicted molar refractivity (Wildman–Crippen MR) is 95.6 cm³/mol. The molecule has 0 bridgehead atoms. The van der Waals surface area contributed by atoms with Crippen LogP contribution in [0.3, 0.4) is 0 Å². The molecule has 8 heteroatoms. The van der Waals surface area contributed by atoms with Gasteiger partial charge in [0.25, 0.3) is 11.6 Å². The molecule has 0 heterocycles. The molecule has 0 spiro atoms. The number of amides is 1. The quantitative estimate of drug-likeness (QED) is 0.440. The molecular weight excluding hydrogens is 355 g/mol. The third kappa shape index (κ3) is 4.87. The molecule has 0 N–H and O–H groups in total. The van der Waals surface area contributed by atoms with Crippen LogP contribution in [-0.4, -0.2) is 34.9 Å². The van der Waals surface area contributed by atoms with E-state index in [0.29, 0.717) is 5.56 Å². The van der Waals surface area contributed by atoms with Gasteiger partial charge >= 0.3 is 5.97 Å². The van der Waals surface area contributed by atoms with E-state index in [1.807, 2.05) is 0 Å². The Bertz CT molecular complexity index is 884. The van der Waals surface area contributed by atoms with Crippen molar-refractivity contribution in [2.24, 2.45) is 0 Å². The molecule has 0 aromatic heterocycles. The highest BCUT2D eigenvalue weighted by atomic mass is 19.1. The van der Waals surface area contributed by atoms with Gasteiger partial charge in [0, 0.05) is 25.2 Å². The zero-order valence-electron chi connectivity index (χ0n) is 15.1.